The van der Waals surface area contributed by atoms with Crippen LogP contribution in [0.4, 0.5) is 11.4 Å². The Morgan fingerprint density at radius 2 is 2.06 bits per heavy atom. The van der Waals surface area contributed by atoms with E-state index in [4.69, 9.17) is 0 Å². The molecule has 0 saturated heterocycles. The van der Waals surface area contributed by atoms with E-state index in [9.17, 15) is 18.5 Å². The van der Waals surface area contributed by atoms with Crippen molar-refractivity contribution in [1.29, 1.82) is 0 Å². The summed E-state index contributed by atoms with van der Waals surface area (Å²) in [4.78, 5) is 10.4. The van der Waals surface area contributed by atoms with Crippen LogP contribution in [0.5, 0.6) is 0 Å². The Labute approximate surface area is 106 Å². The molecule has 0 heterocycles. The zero-order valence-electron chi connectivity index (χ0n) is 10.5. The van der Waals surface area contributed by atoms with Crippen LogP contribution in [-0.2, 0) is 9.84 Å². The Kier molecular flexibility index (Phi) is 4.28. The summed E-state index contributed by atoms with van der Waals surface area (Å²) in [5.74, 6) is -0.0709. The molecular weight excluding hydrogens is 256 g/mol. The number of anilines is 1. The summed E-state index contributed by atoms with van der Waals surface area (Å²) in [6.07, 6.45) is 1.14. The number of sulfone groups is 1. The van der Waals surface area contributed by atoms with Crippen LogP contribution < -0.4 is 5.32 Å². The van der Waals surface area contributed by atoms with Gasteiger partial charge in [-0.3, -0.25) is 10.1 Å². The van der Waals surface area contributed by atoms with Crippen molar-refractivity contribution in [2.24, 2.45) is 0 Å². The molecule has 0 aliphatic rings. The number of para-hydroxylation sites is 1. The lowest BCUT2D eigenvalue weighted by Gasteiger charge is -2.16. The Morgan fingerprint density at radius 1 is 1.44 bits per heavy atom. The highest BCUT2D eigenvalue weighted by atomic mass is 32.2. The zero-order chi connectivity index (χ0) is 13.9. The van der Waals surface area contributed by atoms with Gasteiger partial charge < -0.3 is 5.32 Å². The van der Waals surface area contributed by atoms with Crippen molar-refractivity contribution in [2.75, 3.05) is 17.3 Å². The molecule has 0 aromatic heterocycles. The molecule has 18 heavy (non-hydrogen) atoms. The standard InChI is InChI=1S/C11H16N2O4S/c1-8-5-4-6-10(13(14)15)11(8)12-9(2)7-18(3,16)17/h4-6,9,12H,7H2,1-3H3. The number of nitro groups is 1. The third kappa shape index (κ3) is 3.99. The molecule has 0 saturated carbocycles. The number of hydrogen-bond acceptors (Lipinski definition) is 5. The van der Waals surface area contributed by atoms with Crippen LogP contribution in [0.15, 0.2) is 18.2 Å². The zero-order valence-corrected chi connectivity index (χ0v) is 11.3. The van der Waals surface area contributed by atoms with Gasteiger partial charge in [0.1, 0.15) is 15.5 Å². The van der Waals surface area contributed by atoms with Crippen LogP contribution >= 0.6 is 0 Å². The largest absolute Gasteiger partial charge is 0.376 e. The van der Waals surface area contributed by atoms with Crippen LogP contribution in [-0.4, -0.2) is 31.4 Å². The number of nitrogens with zero attached hydrogens (tertiary/aromatic N) is 1. The maximum Gasteiger partial charge on any atom is 0.292 e. The Bertz CT molecular complexity index is 554. The van der Waals surface area contributed by atoms with Crippen molar-refractivity contribution in [3.8, 4) is 0 Å². The Hall–Kier alpha value is -1.63. The Balaban J connectivity index is 3.00. The van der Waals surface area contributed by atoms with E-state index in [1.54, 1.807) is 26.0 Å². The molecule has 1 N–H and O–H groups in total. The van der Waals surface area contributed by atoms with Gasteiger partial charge in [0.2, 0.25) is 0 Å². The maximum absolute atomic E-state index is 11.2. The number of aryl methyl sites for hydroxylation is 1. The summed E-state index contributed by atoms with van der Waals surface area (Å²) < 4.78 is 22.3. The second-order valence-electron chi connectivity index (χ2n) is 4.36. The maximum atomic E-state index is 11.2. The molecule has 0 aliphatic carbocycles. The fraction of sp³-hybridized carbons (Fsp3) is 0.455. The molecule has 0 fully saturated rings. The second kappa shape index (κ2) is 5.34. The van der Waals surface area contributed by atoms with E-state index in [0.717, 1.165) is 6.26 Å². The SMILES string of the molecule is Cc1cccc([N+](=O)[O-])c1NC(C)CS(C)(=O)=O. The van der Waals surface area contributed by atoms with Gasteiger partial charge in [0, 0.05) is 18.4 Å². The third-order valence-electron chi connectivity index (χ3n) is 2.39. The van der Waals surface area contributed by atoms with Crippen molar-refractivity contribution in [1.82, 2.24) is 0 Å². The molecule has 0 bridgehead atoms. The predicted octanol–water partition coefficient (Wildman–Crippen LogP) is 1.75. The normalized spacial score (nSPS) is 13.1. The summed E-state index contributed by atoms with van der Waals surface area (Å²) >= 11 is 0. The molecule has 1 rings (SSSR count). The van der Waals surface area contributed by atoms with Crippen molar-refractivity contribution in [3.63, 3.8) is 0 Å². The van der Waals surface area contributed by atoms with Gasteiger partial charge in [0.05, 0.1) is 10.7 Å². The average molecular weight is 272 g/mol. The Morgan fingerprint density at radius 3 is 2.56 bits per heavy atom. The number of benzene rings is 1. The fourth-order valence-electron chi connectivity index (χ4n) is 1.73. The van der Waals surface area contributed by atoms with Gasteiger partial charge in [-0.15, -0.1) is 0 Å². The van der Waals surface area contributed by atoms with E-state index in [0.29, 0.717) is 11.3 Å². The van der Waals surface area contributed by atoms with E-state index >= 15 is 0 Å². The molecule has 1 aromatic rings. The molecule has 0 aliphatic heterocycles. The molecule has 0 radical (unpaired) electrons. The highest BCUT2D eigenvalue weighted by Gasteiger charge is 2.18. The molecule has 6 nitrogen and oxygen atoms in total. The minimum atomic E-state index is -3.12. The number of hydrogen-bond donors (Lipinski definition) is 1. The van der Waals surface area contributed by atoms with Gasteiger partial charge in [0.25, 0.3) is 5.69 Å². The minimum absolute atomic E-state index is 0.0460. The van der Waals surface area contributed by atoms with Gasteiger partial charge in [-0.1, -0.05) is 12.1 Å². The van der Waals surface area contributed by atoms with E-state index in [1.165, 1.54) is 6.07 Å². The molecule has 0 amide bonds. The van der Waals surface area contributed by atoms with E-state index in [-0.39, 0.29) is 17.5 Å². The fourth-order valence-corrected chi connectivity index (χ4v) is 2.73. The van der Waals surface area contributed by atoms with Crippen molar-refractivity contribution in [2.45, 2.75) is 19.9 Å². The van der Waals surface area contributed by atoms with Gasteiger partial charge in [-0.2, -0.15) is 0 Å². The first-order chi connectivity index (χ1) is 8.20. The molecule has 1 atom stereocenters. The first-order valence-corrected chi connectivity index (χ1v) is 7.45. The molecule has 1 unspecified atom stereocenters. The highest BCUT2D eigenvalue weighted by molar-refractivity contribution is 7.90. The lowest BCUT2D eigenvalue weighted by atomic mass is 10.1. The molecule has 7 heteroatoms. The average Bonchev–Trinajstić information content (AvgIpc) is 2.17. The summed E-state index contributed by atoms with van der Waals surface area (Å²) in [6, 6.07) is 4.34. The summed E-state index contributed by atoms with van der Waals surface area (Å²) in [5, 5.41) is 13.8. The monoisotopic (exact) mass is 272 g/mol. The number of rotatable bonds is 5. The van der Waals surface area contributed by atoms with Crippen LogP contribution in [0.3, 0.4) is 0 Å². The summed E-state index contributed by atoms with van der Waals surface area (Å²) in [7, 11) is -3.12. The van der Waals surface area contributed by atoms with E-state index < -0.39 is 14.8 Å². The number of nitro benzene ring substituents is 1. The number of nitrogens with one attached hydrogen (secondary N) is 1. The topological polar surface area (TPSA) is 89.3 Å². The van der Waals surface area contributed by atoms with Gasteiger partial charge in [0.15, 0.2) is 0 Å². The van der Waals surface area contributed by atoms with Gasteiger partial charge >= 0.3 is 0 Å². The molecule has 100 valence electrons. The predicted molar refractivity (Wildman–Crippen MR) is 70.6 cm³/mol. The van der Waals surface area contributed by atoms with Crippen molar-refractivity contribution in [3.05, 3.63) is 33.9 Å². The van der Waals surface area contributed by atoms with Crippen LogP contribution in [0.1, 0.15) is 12.5 Å². The summed E-state index contributed by atoms with van der Waals surface area (Å²) in [6.45, 7) is 3.42. The molecule has 0 spiro atoms. The van der Waals surface area contributed by atoms with Crippen LogP contribution in [0, 0.1) is 17.0 Å². The summed E-state index contributed by atoms with van der Waals surface area (Å²) in [5.41, 5.74) is 1.04. The molecular formula is C11H16N2O4S. The minimum Gasteiger partial charge on any atom is -0.376 e. The lowest BCUT2D eigenvalue weighted by molar-refractivity contribution is -0.384. The smallest absolute Gasteiger partial charge is 0.292 e. The van der Waals surface area contributed by atoms with E-state index in [1.807, 2.05) is 0 Å². The van der Waals surface area contributed by atoms with Gasteiger partial charge in [-0.25, -0.2) is 8.42 Å². The van der Waals surface area contributed by atoms with Crippen LogP contribution in [0.25, 0.3) is 0 Å². The van der Waals surface area contributed by atoms with Crippen molar-refractivity contribution >= 4 is 21.2 Å². The van der Waals surface area contributed by atoms with Gasteiger partial charge in [-0.05, 0) is 19.4 Å². The van der Waals surface area contributed by atoms with E-state index in [2.05, 4.69) is 5.32 Å². The first kappa shape index (κ1) is 14.4. The highest BCUT2D eigenvalue weighted by Crippen LogP contribution is 2.28. The lowest BCUT2D eigenvalue weighted by Crippen LogP contribution is -2.25. The van der Waals surface area contributed by atoms with Crippen molar-refractivity contribution < 1.29 is 13.3 Å². The first-order valence-electron chi connectivity index (χ1n) is 5.39. The third-order valence-corrected chi connectivity index (χ3v) is 3.50. The second-order valence-corrected chi connectivity index (χ2v) is 6.55. The quantitative estimate of drug-likeness (QED) is 0.651. The molecule has 1 aromatic carbocycles. The van der Waals surface area contributed by atoms with Crippen LogP contribution in [0.2, 0.25) is 0 Å².